The van der Waals surface area contributed by atoms with E-state index in [0.29, 0.717) is 24.9 Å². The van der Waals surface area contributed by atoms with Gasteiger partial charge in [0, 0.05) is 13.1 Å². The van der Waals surface area contributed by atoms with Crippen LogP contribution in [0.3, 0.4) is 0 Å². The molecule has 0 unspecified atom stereocenters. The van der Waals surface area contributed by atoms with Crippen molar-refractivity contribution in [3.8, 4) is 5.75 Å². The van der Waals surface area contributed by atoms with Crippen molar-refractivity contribution in [2.45, 2.75) is 26.8 Å². The Hall–Kier alpha value is -3.09. The van der Waals surface area contributed by atoms with Crippen molar-refractivity contribution in [1.29, 1.82) is 0 Å². The van der Waals surface area contributed by atoms with Gasteiger partial charge in [0.15, 0.2) is 11.8 Å². The topological polar surface area (TPSA) is 84.6 Å². The number of aromatic nitrogens is 2. The summed E-state index contributed by atoms with van der Waals surface area (Å²) >= 11 is 0. The summed E-state index contributed by atoms with van der Waals surface area (Å²) < 4.78 is 10.9. The molecule has 0 fully saturated rings. The second-order valence-corrected chi connectivity index (χ2v) is 6.07. The molecule has 0 aliphatic carbocycles. The summed E-state index contributed by atoms with van der Waals surface area (Å²) in [5, 5.41) is 12.6. The van der Waals surface area contributed by atoms with Gasteiger partial charge >= 0.3 is 0 Å². The molecular formula is C20H25N5O2. The van der Waals surface area contributed by atoms with Crippen LogP contribution >= 0.6 is 0 Å². The lowest BCUT2D eigenvalue weighted by Crippen LogP contribution is -2.38. The van der Waals surface area contributed by atoms with Crippen LogP contribution in [-0.4, -0.2) is 35.8 Å². The van der Waals surface area contributed by atoms with E-state index in [1.54, 1.807) is 6.92 Å². The fourth-order valence-electron chi connectivity index (χ4n) is 2.62. The second kappa shape index (κ2) is 9.56. The molecule has 0 saturated heterocycles. The molecule has 7 nitrogen and oxygen atoms in total. The van der Waals surface area contributed by atoms with Crippen LogP contribution in [0.1, 0.15) is 25.1 Å². The van der Waals surface area contributed by atoms with Gasteiger partial charge in [0.05, 0.1) is 6.61 Å². The molecule has 27 heavy (non-hydrogen) atoms. The van der Waals surface area contributed by atoms with E-state index in [2.05, 4.69) is 50.0 Å². The molecule has 0 radical (unpaired) electrons. The third-order valence-corrected chi connectivity index (χ3v) is 3.89. The number of aryl methyl sites for hydroxylation is 1. The van der Waals surface area contributed by atoms with Gasteiger partial charge in [-0.3, -0.25) is 0 Å². The average Bonchev–Trinajstić information content (AvgIpc) is 3.11. The van der Waals surface area contributed by atoms with Gasteiger partial charge in [0.25, 0.3) is 0 Å². The Labute approximate surface area is 158 Å². The van der Waals surface area contributed by atoms with Crippen molar-refractivity contribution in [3.05, 3.63) is 54.2 Å². The Bertz CT molecular complexity index is 891. The molecular weight excluding hydrogens is 342 g/mol. The van der Waals surface area contributed by atoms with Crippen LogP contribution < -0.4 is 15.4 Å². The molecule has 3 rings (SSSR count). The van der Waals surface area contributed by atoms with Crippen LogP contribution in [0.5, 0.6) is 5.75 Å². The minimum Gasteiger partial charge on any atom is -0.494 e. The fraction of sp³-hybridized carbons (Fsp3) is 0.350. The smallest absolute Gasteiger partial charge is 0.248 e. The quantitative estimate of drug-likeness (QED) is 0.362. The van der Waals surface area contributed by atoms with E-state index in [9.17, 15) is 0 Å². The fourth-order valence-corrected chi connectivity index (χ4v) is 2.62. The minimum absolute atomic E-state index is 0.351. The van der Waals surface area contributed by atoms with Crippen LogP contribution in [0.25, 0.3) is 10.8 Å². The number of nitrogens with zero attached hydrogens (tertiary/aromatic N) is 3. The summed E-state index contributed by atoms with van der Waals surface area (Å²) in [5.41, 5.74) is 0. The molecule has 2 aromatic carbocycles. The Balaban J connectivity index is 1.42. The van der Waals surface area contributed by atoms with Gasteiger partial charge in [-0.05, 0) is 43.2 Å². The zero-order valence-electron chi connectivity index (χ0n) is 15.7. The third-order valence-electron chi connectivity index (χ3n) is 3.89. The van der Waals surface area contributed by atoms with Gasteiger partial charge in [-0.1, -0.05) is 35.5 Å². The van der Waals surface area contributed by atoms with Crippen LogP contribution in [-0.2, 0) is 6.54 Å². The summed E-state index contributed by atoms with van der Waals surface area (Å²) in [6, 6.07) is 14.4. The minimum atomic E-state index is 0.351. The van der Waals surface area contributed by atoms with E-state index in [-0.39, 0.29) is 0 Å². The zero-order valence-corrected chi connectivity index (χ0v) is 15.7. The standard InChI is InChI=1S/C20H25N5O2/c1-3-21-20(23-14-19-24-15(2)25-27-19)22-11-6-12-26-18-10-9-16-7-4-5-8-17(16)13-18/h4-5,7-10,13H,3,6,11-12,14H2,1-2H3,(H2,21,22,23). The normalized spacial score (nSPS) is 11.6. The molecule has 2 N–H and O–H groups in total. The molecule has 1 aromatic heterocycles. The first-order valence-corrected chi connectivity index (χ1v) is 9.17. The molecule has 0 bridgehead atoms. The van der Waals surface area contributed by atoms with E-state index >= 15 is 0 Å². The Morgan fingerprint density at radius 3 is 2.78 bits per heavy atom. The first-order valence-electron chi connectivity index (χ1n) is 9.17. The predicted molar refractivity (Wildman–Crippen MR) is 106 cm³/mol. The van der Waals surface area contributed by atoms with E-state index in [1.807, 2.05) is 25.1 Å². The number of fused-ring (bicyclic) bond motifs is 1. The first kappa shape index (κ1) is 18.7. The predicted octanol–water partition coefficient (Wildman–Crippen LogP) is 3.06. The molecule has 3 aromatic rings. The third kappa shape index (κ3) is 5.70. The van der Waals surface area contributed by atoms with Crippen LogP contribution in [0.2, 0.25) is 0 Å². The van der Waals surface area contributed by atoms with Gasteiger partial charge < -0.3 is 19.9 Å². The SMILES string of the molecule is CCNC(=NCc1nc(C)no1)NCCCOc1ccc2ccccc2c1. The molecule has 0 amide bonds. The van der Waals surface area contributed by atoms with E-state index < -0.39 is 0 Å². The van der Waals surface area contributed by atoms with Crippen molar-refractivity contribution in [1.82, 2.24) is 20.8 Å². The van der Waals surface area contributed by atoms with E-state index in [0.717, 1.165) is 31.2 Å². The zero-order chi connectivity index (χ0) is 18.9. The molecule has 142 valence electrons. The lowest BCUT2D eigenvalue weighted by atomic mass is 10.1. The highest BCUT2D eigenvalue weighted by molar-refractivity contribution is 5.83. The molecule has 7 heteroatoms. The van der Waals surface area contributed by atoms with Gasteiger partial charge in [0.2, 0.25) is 5.89 Å². The highest BCUT2D eigenvalue weighted by atomic mass is 16.5. The van der Waals surface area contributed by atoms with E-state index in [1.165, 1.54) is 10.8 Å². The van der Waals surface area contributed by atoms with Crippen LogP contribution in [0.15, 0.2) is 52.0 Å². The number of nitrogens with one attached hydrogen (secondary N) is 2. The largest absolute Gasteiger partial charge is 0.494 e. The molecule has 0 saturated carbocycles. The van der Waals surface area contributed by atoms with Gasteiger partial charge in [-0.15, -0.1) is 0 Å². The first-order chi connectivity index (χ1) is 13.2. The summed E-state index contributed by atoms with van der Waals surface area (Å²) in [6.45, 7) is 6.33. The second-order valence-electron chi connectivity index (χ2n) is 6.07. The Morgan fingerprint density at radius 2 is 2.00 bits per heavy atom. The van der Waals surface area contributed by atoms with Crippen LogP contribution in [0, 0.1) is 6.92 Å². The number of hydrogen-bond acceptors (Lipinski definition) is 5. The lowest BCUT2D eigenvalue weighted by molar-refractivity contribution is 0.311. The Morgan fingerprint density at radius 1 is 1.15 bits per heavy atom. The van der Waals surface area contributed by atoms with Gasteiger partial charge in [-0.2, -0.15) is 4.98 Å². The maximum atomic E-state index is 5.85. The number of guanidine groups is 1. The lowest BCUT2D eigenvalue weighted by Gasteiger charge is -2.11. The number of rotatable bonds is 8. The molecule has 0 atom stereocenters. The Kier molecular flexibility index (Phi) is 6.62. The molecule has 0 aliphatic heterocycles. The van der Waals surface area contributed by atoms with Crippen molar-refractivity contribution < 1.29 is 9.26 Å². The monoisotopic (exact) mass is 367 g/mol. The number of aliphatic imine (C=N–C) groups is 1. The summed E-state index contributed by atoms with van der Waals surface area (Å²) in [7, 11) is 0. The van der Waals surface area contributed by atoms with Gasteiger partial charge in [-0.25, -0.2) is 4.99 Å². The number of hydrogen-bond donors (Lipinski definition) is 2. The van der Waals surface area contributed by atoms with E-state index in [4.69, 9.17) is 9.26 Å². The molecule has 1 heterocycles. The van der Waals surface area contributed by atoms with Crippen molar-refractivity contribution in [3.63, 3.8) is 0 Å². The van der Waals surface area contributed by atoms with Crippen LogP contribution in [0.4, 0.5) is 0 Å². The average molecular weight is 367 g/mol. The molecule has 0 aliphatic rings. The molecule has 0 spiro atoms. The highest BCUT2D eigenvalue weighted by Crippen LogP contribution is 2.20. The maximum Gasteiger partial charge on any atom is 0.248 e. The highest BCUT2D eigenvalue weighted by Gasteiger charge is 2.03. The van der Waals surface area contributed by atoms with Crippen molar-refractivity contribution in [2.75, 3.05) is 19.7 Å². The summed E-state index contributed by atoms with van der Waals surface area (Å²) in [4.78, 5) is 8.59. The maximum absolute atomic E-state index is 5.85. The van der Waals surface area contributed by atoms with Crippen molar-refractivity contribution in [2.24, 2.45) is 4.99 Å². The number of ether oxygens (including phenoxy) is 1. The summed E-state index contributed by atoms with van der Waals surface area (Å²) in [6.07, 6.45) is 0.858. The number of benzene rings is 2. The van der Waals surface area contributed by atoms with Gasteiger partial charge in [0.1, 0.15) is 12.3 Å². The van der Waals surface area contributed by atoms with Crippen molar-refractivity contribution >= 4 is 16.7 Å². The summed E-state index contributed by atoms with van der Waals surface area (Å²) in [5.74, 6) is 2.73.